The molecule has 2 aromatic rings. The molecule has 2 rings (SSSR count). The minimum Gasteiger partial charge on any atom is -0.478 e. The molecule has 0 aliphatic heterocycles. The summed E-state index contributed by atoms with van der Waals surface area (Å²) in [6.07, 6.45) is -2.76. The molecule has 0 heterocycles. The number of alkyl halides is 3. The van der Waals surface area contributed by atoms with E-state index < -0.39 is 23.5 Å². The molecule has 0 atom stereocenters. The topological polar surface area (TPSA) is 37.3 Å². The summed E-state index contributed by atoms with van der Waals surface area (Å²) in [6, 6.07) is 8.23. The number of carboxylic acid groups (broad SMARTS) is 1. The highest BCUT2D eigenvalue weighted by atomic mass is 19.4. The van der Waals surface area contributed by atoms with Gasteiger partial charge >= 0.3 is 12.1 Å². The van der Waals surface area contributed by atoms with Crippen LogP contribution < -0.4 is 0 Å². The molecule has 0 amide bonds. The summed E-state index contributed by atoms with van der Waals surface area (Å²) in [5.41, 5.74) is -0.190. The predicted octanol–water partition coefficient (Wildman–Crippen LogP) is 4.61. The van der Waals surface area contributed by atoms with Crippen molar-refractivity contribution in [3.05, 3.63) is 65.5 Å². The summed E-state index contributed by atoms with van der Waals surface area (Å²) in [7, 11) is 0. The maximum Gasteiger partial charge on any atom is 0.416 e. The van der Waals surface area contributed by atoms with Crippen molar-refractivity contribution >= 4 is 12.0 Å². The number of aliphatic carboxylic acids is 1. The van der Waals surface area contributed by atoms with Crippen molar-refractivity contribution in [2.45, 2.75) is 6.18 Å². The van der Waals surface area contributed by atoms with Gasteiger partial charge in [-0.15, -0.1) is 0 Å². The fraction of sp³-hybridized carbons (Fsp3) is 0.0625. The first-order chi connectivity index (χ1) is 10.3. The maximum atomic E-state index is 13.3. The molecular formula is C16H10F4O2. The molecule has 0 bridgehead atoms. The summed E-state index contributed by atoms with van der Waals surface area (Å²) >= 11 is 0. The van der Waals surface area contributed by atoms with E-state index in [0.717, 1.165) is 24.3 Å². The normalized spacial score (nSPS) is 11.8. The van der Waals surface area contributed by atoms with Crippen LogP contribution in [0.15, 0.2) is 48.5 Å². The van der Waals surface area contributed by atoms with Crippen LogP contribution in [0, 0.1) is 5.82 Å². The molecule has 0 saturated carbocycles. The molecule has 0 aromatic heterocycles. The third-order valence-corrected chi connectivity index (χ3v) is 2.92. The first-order valence-corrected chi connectivity index (χ1v) is 6.15. The van der Waals surface area contributed by atoms with Crippen LogP contribution in [0.1, 0.15) is 11.1 Å². The summed E-state index contributed by atoms with van der Waals surface area (Å²) in [6.45, 7) is 0. The van der Waals surface area contributed by atoms with Crippen molar-refractivity contribution in [2.75, 3.05) is 0 Å². The van der Waals surface area contributed by atoms with Crippen molar-refractivity contribution in [1.82, 2.24) is 0 Å². The summed E-state index contributed by atoms with van der Waals surface area (Å²) < 4.78 is 51.6. The van der Waals surface area contributed by atoms with E-state index in [4.69, 9.17) is 5.11 Å². The lowest BCUT2D eigenvalue weighted by Gasteiger charge is -2.12. The number of carboxylic acids is 1. The molecule has 6 heteroatoms. The van der Waals surface area contributed by atoms with Crippen LogP contribution >= 0.6 is 0 Å². The monoisotopic (exact) mass is 310 g/mol. The molecule has 22 heavy (non-hydrogen) atoms. The van der Waals surface area contributed by atoms with Crippen LogP contribution in [-0.4, -0.2) is 11.1 Å². The Labute approximate surface area is 123 Å². The maximum absolute atomic E-state index is 13.3. The average molecular weight is 310 g/mol. The number of hydrogen-bond acceptors (Lipinski definition) is 1. The molecule has 0 saturated heterocycles. The van der Waals surface area contributed by atoms with Crippen LogP contribution in [0.4, 0.5) is 17.6 Å². The van der Waals surface area contributed by atoms with Gasteiger partial charge in [0.05, 0.1) is 5.56 Å². The highest BCUT2D eigenvalue weighted by Crippen LogP contribution is 2.34. The van der Waals surface area contributed by atoms with E-state index in [-0.39, 0.29) is 5.56 Å². The number of benzene rings is 2. The molecule has 2 nitrogen and oxygen atoms in total. The van der Waals surface area contributed by atoms with E-state index in [1.54, 1.807) is 0 Å². The van der Waals surface area contributed by atoms with E-state index in [9.17, 15) is 22.4 Å². The first-order valence-electron chi connectivity index (χ1n) is 6.15. The molecule has 1 N–H and O–H groups in total. The molecule has 114 valence electrons. The van der Waals surface area contributed by atoms with Crippen molar-refractivity contribution in [1.29, 1.82) is 0 Å². The molecule has 0 aliphatic rings. The standard InChI is InChI=1S/C16H10F4O2/c17-13-3-1-2-10(9-13)14-6-5-12(16(18,19)20)8-11(14)4-7-15(21)22/h1-9H,(H,21,22). The smallest absolute Gasteiger partial charge is 0.416 e. The van der Waals surface area contributed by atoms with Gasteiger partial charge in [0, 0.05) is 6.08 Å². The number of hydrogen-bond donors (Lipinski definition) is 1. The van der Waals surface area contributed by atoms with E-state index in [0.29, 0.717) is 11.1 Å². The molecule has 0 unspecified atom stereocenters. The van der Waals surface area contributed by atoms with Crippen LogP contribution in [-0.2, 0) is 11.0 Å². The Kier molecular flexibility index (Phi) is 4.30. The predicted molar refractivity (Wildman–Crippen MR) is 73.5 cm³/mol. The summed E-state index contributed by atoms with van der Waals surface area (Å²) in [4.78, 5) is 10.6. The molecule has 2 aromatic carbocycles. The van der Waals surface area contributed by atoms with Crippen LogP contribution in [0.3, 0.4) is 0 Å². The molecular weight excluding hydrogens is 300 g/mol. The fourth-order valence-corrected chi connectivity index (χ4v) is 1.96. The summed E-state index contributed by atoms with van der Waals surface area (Å²) in [5, 5.41) is 8.64. The van der Waals surface area contributed by atoms with Crippen molar-refractivity contribution < 1.29 is 27.5 Å². The van der Waals surface area contributed by atoms with Crippen molar-refractivity contribution in [2.24, 2.45) is 0 Å². The Hall–Kier alpha value is -2.63. The second-order valence-electron chi connectivity index (χ2n) is 4.48. The van der Waals surface area contributed by atoms with Gasteiger partial charge in [0.2, 0.25) is 0 Å². The lowest BCUT2D eigenvalue weighted by molar-refractivity contribution is -0.137. The number of carbonyl (C=O) groups is 1. The lowest BCUT2D eigenvalue weighted by atomic mass is 9.97. The zero-order chi connectivity index (χ0) is 16.3. The molecule has 0 aliphatic carbocycles. The number of rotatable bonds is 3. The lowest BCUT2D eigenvalue weighted by Crippen LogP contribution is -2.05. The average Bonchev–Trinajstić information content (AvgIpc) is 2.43. The number of halogens is 4. The second kappa shape index (κ2) is 6.01. The van der Waals surface area contributed by atoms with Gasteiger partial charge in [-0.3, -0.25) is 0 Å². The Morgan fingerprint density at radius 3 is 2.41 bits per heavy atom. The molecule has 0 fully saturated rings. The fourth-order valence-electron chi connectivity index (χ4n) is 1.96. The quantitative estimate of drug-likeness (QED) is 0.664. The van der Waals surface area contributed by atoms with Gasteiger partial charge in [-0.05, 0) is 47.0 Å². The van der Waals surface area contributed by atoms with Gasteiger partial charge in [-0.1, -0.05) is 18.2 Å². The van der Waals surface area contributed by atoms with E-state index >= 15 is 0 Å². The SMILES string of the molecule is O=C(O)C=Cc1cc(C(F)(F)F)ccc1-c1cccc(F)c1. The Bertz CT molecular complexity index is 733. The van der Waals surface area contributed by atoms with Crippen LogP contribution in [0.5, 0.6) is 0 Å². The highest BCUT2D eigenvalue weighted by molar-refractivity contribution is 5.88. The van der Waals surface area contributed by atoms with Gasteiger partial charge in [-0.2, -0.15) is 13.2 Å². The van der Waals surface area contributed by atoms with Crippen LogP contribution in [0.25, 0.3) is 17.2 Å². The minimum absolute atomic E-state index is 0.0443. The Morgan fingerprint density at radius 1 is 1.09 bits per heavy atom. The van der Waals surface area contributed by atoms with E-state index in [1.807, 2.05) is 0 Å². The zero-order valence-corrected chi connectivity index (χ0v) is 11.1. The van der Waals surface area contributed by atoms with Gasteiger partial charge in [0.1, 0.15) is 5.82 Å². The molecule has 0 radical (unpaired) electrons. The largest absolute Gasteiger partial charge is 0.478 e. The third-order valence-electron chi connectivity index (χ3n) is 2.92. The van der Waals surface area contributed by atoms with Gasteiger partial charge in [0.25, 0.3) is 0 Å². The van der Waals surface area contributed by atoms with Gasteiger partial charge in [0.15, 0.2) is 0 Å². The van der Waals surface area contributed by atoms with Crippen molar-refractivity contribution in [3.8, 4) is 11.1 Å². The van der Waals surface area contributed by atoms with E-state index in [2.05, 4.69) is 0 Å². The molecule has 0 spiro atoms. The summed E-state index contributed by atoms with van der Waals surface area (Å²) in [5.74, 6) is -1.83. The minimum atomic E-state index is -4.55. The first kappa shape index (κ1) is 15.8. The van der Waals surface area contributed by atoms with Crippen molar-refractivity contribution in [3.63, 3.8) is 0 Å². The van der Waals surface area contributed by atoms with Gasteiger partial charge in [-0.25, -0.2) is 9.18 Å². The third kappa shape index (κ3) is 3.72. The van der Waals surface area contributed by atoms with Crippen LogP contribution in [0.2, 0.25) is 0 Å². The Balaban J connectivity index is 2.60. The highest BCUT2D eigenvalue weighted by Gasteiger charge is 2.30. The second-order valence-corrected chi connectivity index (χ2v) is 4.48. The Morgan fingerprint density at radius 2 is 1.82 bits per heavy atom. The van der Waals surface area contributed by atoms with Gasteiger partial charge < -0.3 is 5.11 Å². The van der Waals surface area contributed by atoms with E-state index in [1.165, 1.54) is 30.3 Å². The zero-order valence-electron chi connectivity index (χ0n) is 11.1.